The van der Waals surface area contributed by atoms with Gasteiger partial charge >= 0.3 is 0 Å². The van der Waals surface area contributed by atoms with Gasteiger partial charge in [-0.05, 0) is 50.8 Å². The van der Waals surface area contributed by atoms with Crippen LogP contribution in [0.15, 0.2) is 24.3 Å². The number of unbranched alkanes of at least 4 members (excludes halogenated alkanes) is 3. The number of halogens is 1. The van der Waals surface area contributed by atoms with E-state index < -0.39 is 31.1 Å². The van der Waals surface area contributed by atoms with Gasteiger partial charge in [0, 0.05) is 18.5 Å². The lowest BCUT2D eigenvalue weighted by molar-refractivity contribution is 0.163. The molecule has 164 valence electrons. The van der Waals surface area contributed by atoms with E-state index in [-0.39, 0.29) is 18.7 Å². The van der Waals surface area contributed by atoms with Crippen LogP contribution in [0.3, 0.4) is 0 Å². The van der Waals surface area contributed by atoms with Crippen LogP contribution in [0, 0.1) is 11.8 Å². The van der Waals surface area contributed by atoms with Crippen LogP contribution < -0.4 is 4.72 Å². The third-order valence-corrected chi connectivity index (χ3v) is 7.17. The molecule has 0 heterocycles. The predicted molar refractivity (Wildman–Crippen MR) is 113 cm³/mol. The van der Waals surface area contributed by atoms with Gasteiger partial charge < -0.3 is 0 Å². The van der Waals surface area contributed by atoms with Crippen molar-refractivity contribution in [3.05, 3.63) is 35.4 Å². The van der Waals surface area contributed by atoms with E-state index in [0.717, 1.165) is 6.42 Å². The molecular weight excluding hydrogens is 417 g/mol. The first kappa shape index (κ1) is 25.6. The van der Waals surface area contributed by atoms with Crippen LogP contribution in [-0.2, 0) is 25.8 Å². The summed E-state index contributed by atoms with van der Waals surface area (Å²) in [5.74, 6) is 5.71. The van der Waals surface area contributed by atoms with E-state index in [1.807, 2.05) is 0 Å². The average Bonchev–Trinajstić information content (AvgIpc) is 2.65. The Morgan fingerprint density at radius 2 is 1.72 bits per heavy atom. The molecular formula is C20H30FNO5S2. The minimum atomic E-state index is -3.90. The molecule has 0 spiro atoms. The lowest BCUT2D eigenvalue weighted by atomic mass is 9.92. The second-order valence-corrected chi connectivity index (χ2v) is 11.1. The molecule has 0 amide bonds. The Hall–Kier alpha value is -1.47. The van der Waals surface area contributed by atoms with E-state index in [4.69, 9.17) is 4.55 Å². The molecule has 6 nitrogen and oxygen atoms in total. The fraction of sp³-hybridized carbons (Fsp3) is 0.600. The highest BCUT2D eigenvalue weighted by molar-refractivity contribution is 7.90. The van der Waals surface area contributed by atoms with Crippen molar-refractivity contribution in [3.63, 3.8) is 0 Å². The summed E-state index contributed by atoms with van der Waals surface area (Å²) in [6.45, 7) is 4.42. The van der Waals surface area contributed by atoms with E-state index in [2.05, 4.69) is 16.6 Å². The van der Waals surface area contributed by atoms with Crippen LogP contribution in [0.5, 0.6) is 0 Å². The number of nitrogens with one attached hydrogen (secondary N) is 1. The number of sulfonamides is 1. The van der Waals surface area contributed by atoms with Crippen LogP contribution in [0.2, 0.25) is 0 Å². The predicted octanol–water partition coefficient (Wildman–Crippen LogP) is 3.39. The molecule has 0 aliphatic rings. The summed E-state index contributed by atoms with van der Waals surface area (Å²) in [6, 6.07) is 6.62. The van der Waals surface area contributed by atoms with Crippen LogP contribution >= 0.6 is 0 Å². The molecule has 1 rings (SSSR count). The SMILES string of the molecule is CCC(F)(CNS(=O)(=O)C(C)C)c1ccc(C#CCCCCCS(=O)(=O)O)cc1. The summed E-state index contributed by atoms with van der Waals surface area (Å²) in [6.07, 6.45) is 2.49. The Morgan fingerprint density at radius 1 is 1.10 bits per heavy atom. The standard InChI is InChI=1S/C20H30FNO5S2/c1-4-20(21,16-22-29(26,27)17(2)3)19-13-11-18(12-14-19)10-8-6-5-7-9-15-28(23,24)25/h11-14,17,22H,4-7,9,15-16H2,1-3H3,(H,23,24,25). The van der Waals surface area contributed by atoms with Gasteiger partial charge in [0.1, 0.15) is 5.67 Å². The van der Waals surface area contributed by atoms with Gasteiger partial charge in [-0.2, -0.15) is 8.42 Å². The average molecular weight is 448 g/mol. The quantitative estimate of drug-likeness (QED) is 0.308. The zero-order chi connectivity index (χ0) is 22.1. The molecule has 0 aliphatic carbocycles. The molecule has 0 bridgehead atoms. The van der Waals surface area contributed by atoms with Gasteiger partial charge in [0.05, 0.1) is 11.0 Å². The second kappa shape index (κ2) is 11.1. The van der Waals surface area contributed by atoms with Crippen molar-refractivity contribution in [2.24, 2.45) is 0 Å². The van der Waals surface area contributed by atoms with Crippen molar-refractivity contribution in [3.8, 4) is 11.8 Å². The van der Waals surface area contributed by atoms with E-state index in [0.29, 0.717) is 30.4 Å². The highest BCUT2D eigenvalue weighted by Crippen LogP contribution is 2.29. The summed E-state index contributed by atoms with van der Waals surface area (Å²) in [5.41, 5.74) is -0.698. The Balaban J connectivity index is 2.63. The monoisotopic (exact) mass is 447 g/mol. The largest absolute Gasteiger partial charge is 0.286 e. The fourth-order valence-electron chi connectivity index (χ4n) is 2.50. The molecule has 1 aromatic carbocycles. The molecule has 0 radical (unpaired) electrons. The number of benzene rings is 1. The van der Waals surface area contributed by atoms with Crippen molar-refractivity contribution in [1.29, 1.82) is 0 Å². The fourth-order valence-corrected chi connectivity index (χ4v) is 3.84. The van der Waals surface area contributed by atoms with Crippen LogP contribution in [0.1, 0.15) is 64.0 Å². The maximum Gasteiger partial charge on any atom is 0.264 e. The van der Waals surface area contributed by atoms with Gasteiger partial charge in [0.25, 0.3) is 10.1 Å². The van der Waals surface area contributed by atoms with E-state index in [1.54, 1.807) is 31.2 Å². The van der Waals surface area contributed by atoms with Crippen molar-refractivity contribution in [1.82, 2.24) is 4.72 Å². The molecule has 1 aromatic rings. The molecule has 29 heavy (non-hydrogen) atoms. The summed E-state index contributed by atoms with van der Waals surface area (Å²) in [5, 5.41) is -0.630. The van der Waals surface area contributed by atoms with E-state index in [9.17, 15) is 16.8 Å². The number of hydrogen-bond donors (Lipinski definition) is 2. The summed E-state index contributed by atoms with van der Waals surface area (Å²) < 4.78 is 71.3. The first-order chi connectivity index (χ1) is 13.4. The van der Waals surface area contributed by atoms with Crippen molar-refractivity contribution < 1.29 is 25.8 Å². The van der Waals surface area contributed by atoms with E-state index >= 15 is 4.39 Å². The molecule has 0 fully saturated rings. The maximum absolute atomic E-state index is 15.3. The highest BCUT2D eigenvalue weighted by atomic mass is 32.2. The van der Waals surface area contributed by atoms with Gasteiger partial charge in [-0.15, -0.1) is 0 Å². The van der Waals surface area contributed by atoms with Gasteiger partial charge in [0.15, 0.2) is 0 Å². The smallest absolute Gasteiger partial charge is 0.264 e. The third-order valence-electron chi connectivity index (χ3n) is 4.57. The molecule has 1 atom stereocenters. The van der Waals surface area contributed by atoms with Crippen LogP contribution in [0.25, 0.3) is 0 Å². The maximum atomic E-state index is 15.3. The molecule has 0 aliphatic heterocycles. The Bertz CT molecular complexity index is 916. The molecule has 0 aromatic heterocycles. The lowest BCUT2D eigenvalue weighted by Crippen LogP contribution is -2.40. The van der Waals surface area contributed by atoms with Crippen molar-refractivity contribution >= 4 is 20.1 Å². The molecule has 9 heteroatoms. The molecule has 1 unspecified atom stereocenters. The first-order valence-corrected chi connectivity index (χ1v) is 12.8. The van der Waals surface area contributed by atoms with Gasteiger partial charge in [-0.3, -0.25) is 4.55 Å². The van der Waals surface area contributed by atoms with Crippen LogP contribution in [-0.4, -0.2) is 38.9 Å². The van der Waals surface area contributed by atoms with Crippen molar-refractivity contribution in [2.75, 3.05) is 12.3 Å². The zero-order valence-electron chi connectivity index (χ0n) is 17.1. The van der Waals surface area contributed by atoms with E-state index in [1.165, 1.54) is 13.8 Å². The van der Waals surface area contributed by atoms with Gasteiger partial charge in [-0.25, -0.2) is 17.5 Å². The van der Waals surface area contributed by atoms with Gasteiger partial charge in [-0.1, -0.05) is 37.3 Å². The Labute approximate surface area is 174 Å². The number of rotatable bonds is 11. The molecule has 0 saturated heterocycles. The second-order valence-electron chi connectivity index (χ2n) is 7.21. The Kier molecular flexibility index (Phi) is 9.76. The number of alkyl halides is 1. The topological polar surface area (TPSA) is 101 Å². The number of hydrogen-bond acceptors (Lipinski definition) is 4. The zero-order valence-corrected chi connectivity index (χ0v) is 18.7. The lowest BCUT2D eigenvalue weighted by Gasteiger charge is -2.25. The first-order valence-electron chi connectivity index (χ1n) is 9.61. The third kappa shape index (κ3) is 9.26. The minimum absolute atomic E-state index is 0.127. The summed E-state index contributed by atoms with van der Waals surface area (Å²) in [7, 11) is -7.45. The summed E-state index contributed by atoms with van der Waals surface area (Å²) >= 11 is 0. The Morgan fingerprint density at radius 3 is 2.24 bits per heavy atom. The summed E-state index contributed by atoms with van der Waals surface area (Å²) in [4.78, 5) is 0. The van der Waals surface area contributed by atoms with Crippen LogP contribution in [0.4, 0.5) is 4.39 Å². The normalized spacial score (nSPS) is 14.3. The van der Waals surface area contributed by atoms with Crippen molar-refractivity contribution in [2.45, 2.75) is 63.8 Å². The highest BCUT2D eigenvalue weighted by Gasteiger charge is 2.32. The van der Waals surface area contributed by atoms with Gasteiger partial charge in [0.2, 0.25) is 10.0 Å². The minimum Gasteiger partial charge on any atom is -0.286 e. The molecule has 0 saturated carbocycles. The molecule has 2 N–H and O–H groups in total.